The lowest BCUT2D eigenvalue weighted by atomic mass is 9.98. The largest absolute Gasteiger partial charge is 0.479 e. The molecular formula is C73H128O12. The molecular weight excluding hydrogens is 1070 g/mol. The van der Waals surface area contributed by atoms with Gasteiger partial charge in [0.05, 0.1) is 6.61 Å². The van der Waals surface area contributed by atoms with Crippen molar-refractivity contribution in [1.82, 2.24) is 0 Å². The van der Waals surface area contributed by atoms with E-state index >= 15 is 0 Å². The smallest absolute Gasteiger partial charge is 0.335 e. The Morgan fingerprint density at radius 2 is 0.706 bits per heavy atom. The normalized spacial score (nSPS) is 17.8. The lowest BCUT2D eigenvalue weighted by Gasteiger charge is -2.40. The summed E-state index contributed by atoms with van der Waals surface area (Å²) in [5, 5.41) is 31.7. The van der Waals surface area contributed by atoms with Crippen molar-refractivity contribution in [2.45, 2.75) is 366 Å². The Morgan fingerprint density at radius 1 is 0.388 bits per heavy atom. The molecule has 1 rings (SSSR count). The fraction of sp³-hybridized carbons (Fsp3) is 0.808. The molecule has 12 heteroatoms. The van der Waals surface area contributed by atoms with Crippen LogP contribution in [0, 0.1) is 0 Å². The molecule has 0 aliphatic carbocycles. The van der Waals surface area contributed by atoms with Gasteiger partial charge in [-0.2, -0.15) is 0 Å². The van der Waals surface area contributed by atoms with Crippen molar-refractivity contribution >= 4 is 23.9 Å². The highest BCUT2D eigenvalue weighted by Crippen LogP contribution is 2.27. The summed E-state index contributed by atoms with van der Waals surface area (Å²) in [6, 6.07) is 0. The van der Waals surface area contributed by atoms with E-state index in [4.69, 9.17) is 23.7 Å². The average molecular weight is 1200 g/mol. The molecule has 0 aromatic carbocycles. The average Bonchev–Trinajstić information content (AvgIpc) is 3.51. The van der Waals surface area contributed by atoms with E-state index in [1.807, 2.05) is 0 Å². The second kappa shape index (κ2) is 60.7. The van der Waals surface area contributed by atoms with E-state index in [1.165, 1.54) is 154 Å². The van der Waals surface area contributed by atoms with Crippen LogP contribution in [0.2, 0.25) is 0 Å². The van der Waals surface area contributed by atoms with Gasteiger partial charge in [-0.3, -0.25) is 14.4 Å². The number of carbonyl (C=O) groups excluding carboxylic acids is 3. The van der Waals surface area contributed by atoms with Gasteiger partial charge in [-0.15, -0.1) is 0 Å². The molecule has 0 aromatic rings. The predicted molar refractivity (Wildman–Crippen MR) is 349 cm³/mol. The van der Waals surface area contributed by atoms with Crippen LogP contribution in [0.15, 0.2) is 60.8 Å². The Kier molecular flexibility index (Phi) is 56.7. The molecule has 1 heterocycles. The summed E-state index contributed by atoms with van der Waals surface area (Å²) >= 11 is 0. The summed E-state index contributed by atoms with van der Waals surface area (Å²) in [5.74, 6) is -3.12. The SMILES string of the molecule is CCCCC/C=C\C/C=C\C/C=C\CCCCCCCCC(=O)OCC(COC1OC(C(=O)O)C(O)C(O)C1OC(=O)CCCCCCCCCCC/C=C\CCCCCCCC)OC(=O)CCCCCCCCC/C=C\CCCCCCCC. The number of carboxylic acid groups (broad SMARTS) is 1. The van der Waals surface area contributed by atoms with E-state index in [0.29, 0.717) is 19.3 Å². The van der Waals surface area contributed by atoms with Crippen molar-refractivity contribution in [3.63, 3.8) is 0 Å². The molecule has 0 bridgehead atoms. The van der Waals surface area contributed by atoms with E-state index < -0.39 is 67.3 Å². The predicted octanol–water partition coefficient (Wildman–Crippen LogP) is 19.5. The number of hydrogen-bond donors (Lipinski definition) is 3. The van der Waals surface area contributed by atoms with Gasteiger partial charge >= 0.3 is 23.9 Å². The summed E-state index contributed by atoms with van der Waals surface area (Å²) in [7, 11) is 0. The van der Waals surface area contributed by atoms with Crippen LogP contribution in [0.1, 0.15) is 329 Å². The van der Waals surface area contributed by atoms with Crippen molar-refractivity contribution in [2.24, 2.45) is 0 Å². The Balaban J connectivity index is 2.64. The number of aliphatic hydroxyl groups excluding tert-OH is 2. The number of esters is 3. The zero-order valence-electron chi connectivity index (χ0n) is 54.6. The van der Waals surface area contributed by atoms with E-state index in [9.17, 15) is 34.5 Å². The second-order valence-corrected chi connectivity index (χ2v) is 24.2. The van der Waals surface area contributed by atoms with Crippen molar-refractivity contribution in [1.29, 1.82) is 0 Å². The number of ether oxygens (including phenoxy) is 5. The summed E-state index contributed by atoms with van der Waals surface area (Å²) in [4.78, 5) is 51.5. The number of hydrogen-bond acceptors (Lipinski definition) is 11. The molecule has 1 aliphatic heterocycles. The van der Waals surface area contributed by atoms with Crippen LogP contribution in [0.5, 0.6) is 0 Å². The third-order valence-electron chi connectivity index (χ3n) is 16.0. The van der Waals surface area contributed by atoms with Crippen LogP contribution in [-0.4, -0.2) is 89.2 Å². The van der Waals surface area contributed by atoms with Crippen LogP contribution in [0.3, 0.4) is 0 Å². The lowest BCUT2D eigenvalue weighted by Crippen LogP contribution is -2.61. The fourth-order valence-electron chi connectivity index (χ4n) is 10.6. The number of carboxylic acids is 1. The van der Waals surface area contributed by atoms with E-state index in [2.05, 4.69) is 81.5 Å². The van der Waals surface area contributed by atoms with Gasteiger partial charge in [0.1, 0.15) is 18.8 Å². The van der Waals surface area contributed by atoms with E-state index in [-0.39, 0.29) is 25.9 Å². The highest BCUT2D eigenvalue weighted by molar-refractivity contribution is 5.74. The molecule has 1 saturated heterocycles. The van der Waals surface area contributed by atoms with Crippen LogP contribution in [-0.2, 0) is 42.9 Å². The molecule has 1 fully saturated rings. The van der Waals surface area contributed by atoms with Crippen LogP contribution in [0.25, 0.3) is 0 Å². The first-order valence-corrected chi connectivity index (χ1v) is 35.3. The first-order valence-electron chi connectivity index (χ1n) is 35.3. The Bertz CT molecular complexity index is 1710. The molecule has 0 amide bonds. The minimum absolute atomic E-state index is 0.0573. The minimum Gasteiger partial charge on any atom is -0.479 e. The monoisotopic (exact) mass is 1200 g/mol. The number of unbranched alkanes of at least 4 members (excludes halogenated alkanes) is 37. The van der Waals surface area contributed by atoms with Gasteiger partial charge < -0.3 is 39.0 Å². The molecule has 0 saturated carbocycles. The molecule has 492 valence electrons. The highest BCUT2D eigenvalue weighted by Gasteiger charge is 2.50. The Labute approximate surface area is 519 Å². The fourth-order valence-corrected chi connectivity index (χ4v) is 10.6. The third-order valence-corrected chi connectivity index (χ3v) is 16.0. The molecule has 3 N–H and O–H groups in total. The van der Waals surface area contributed by atoms with Gasteiger partial charge in [0, 0.05) is 19.3 Å². The zero-order valence-corrected chi connectivity index (χ0v) is 54.6. The number of allylic oxidation sites excluding steroid dienone is 10. The lowest BCUT2D eigenvalue weighted by molar-refractivity contribution is -0.301. The summed E-state index contributed by atoms with van der Waals surface area (Å²) < 4.78 is 28.6. The topological polar surface area (TPSA) is 175 Å². The van der Waals surface area contributed by atoms with Crippen molar-refractivity contribution < 1.29 is 58.2 Å². The minimum atomic E-state index is -1.91. The third kappa shape index (κ3) is 50.0. The van der Waals surface area contributed by atoms with Gasteiger partial charge in [0.15, 0.2) is 24.6 Å². The summed E-state index contributed by atoms with van der Waals surface area (Å²) in [5.41, 5.74) is 0. The van der Waals surface area contributed by atoms with Gasteiger partial charge in [-0.05, 0) is 109 Å². The van der Waals surface area contributed by atoms with Crippen LogP contribution < -0.4 is 0 Å². The number of aliphatic hydroxyl groups is 2. The van der Waals surface area contributed by atoms with Gasteiger partial charge in [-0.1, -0.05) is 261 Å². The Hall–Kier alpha value is -3.58. The van der Waals surface area contributed by atoms with Crippen molar-refractivity contribution in [2.75, 3.05) is 13.2 Å². The molecule has 6 atom stereocenters. The second-order valence-electron chi connectivity index (χ2n) is 24.2. The number of carbonyl (C=O) groups is 4. The maximum atomic E-state index is 13.2. The molecule has 12 nitrogen and oxygen atoms in total. The number of rotatable bonds is 61. The maximum Gasteiger partial charge on any atom is 0.335 e. The summed E-state index contributed by atoms with van der Waals surface area (Å²) in [6.07, 6.45) is 64.5. The van der Waals surface area contributed by atoms with Crippen molar-refractivity contribution in [3.8, 4) is 0 Å². The summed E-state index contributed by atoms with van der Waals surface area (Å²) in [6.45, 7) is 6.00. The molecule has 85 heavy (non-hydrogen) atoms. The van der Waals surface area contributed by atoms with E-state index in [1.54, 1.807) is 0 Å². The van der Waals surface area contributed by atoms with Gasteiger partial charge in [0.2, 0.25) is 0 Å². The van der Waals surface area contributed by atoms with Crippen molar-refractivity contribution in [3.05, 3.63) is 60.8 Å². The van der Waals surface area contributed by atoms with Crippen LogP contribution >= 0.6 is 0 Å². The molecule has 6 unspecified atom stereocenters. The van der Waals surface area contributed by atoms with Gasteiger partial charge in [-0.25, -0.2) is 4.79 Å². The first kappa shape index (κ1) is 79.4. The standard InChI is InChI=1S/C73H128O12/c1-4-7-10-13-16-19-22-25-28-31-33-36-38-41-44-47-50-53-56-59-65(74)81-62-64(83-66(75)60-57-54-51-48-45-42-39-35-30-27-24-21-18-15-12-9-6-3)63-82-73-71(69(78)68(77)70(85-73)72(79)80)84-67(76)61-58-55-52-49-46-43-40-37-34-32-29-26-23-20-17-14-11-8-5-2/h16,19,25-30,33,36,64,68-71,73,77-78H,4-15,17-18,20-24,31-32,34-35,37-63H2,1-3H3,(H,79,80)/b19-16-,28-25-,29-26-,30-27-,36-33-. The molecule has 0 aromatic heterocycles. The Morgan fingerprint density at radius 3 is 1.11 bits per heavy atom. The molecule has 1 aliphatic rings. The number of aliphatic carboxylic acids is 1. The first-order chi connectivity index (χ1) is 41.6. The maximum absolute atomic E-state index is 13.2. The molecule has 0 radical (unpaired) electrons. The van der Waals surface area contributed by atoms with Crippen LogP contribution in [0.4, 0.5) is 0 Å². The molecule has 0 spiro atoms. The highest BCUT2D eigenvalue weighted by atomic mass is 16.7. The zero-order chi connectivity index (χ0) is 61.7. The van der Waals surface area contributed by atoms with Gasteiger partial charge in [0.25, 0.3) is 0 Å². The van der Waals surface area contributed by atoms with E-state index in [0.717, 1.165) is 116 Å². The quantitative estimate of drug-likeness (QED) is 0.0228.